The zero-order valence-corrected chi connectivity index (χ0v) is 10.3. The van der Waals surface area contributed by atoms with Gasteiger partial charge in [0.05, 0.1) is 0 Å². The molecule has 14 heavy (non-hydrogen) atoms. The zero-order valence-electron chi connectivity index (χ0n) is 10.3. The van der Waals surface area contributed by atoms with E-state index in [9.17, 15) is 0 Å². The molecule has 0 saturated carbocycles. The summed E-state index contributed by atoms with van der Waals surface area (Å²) >= 11 is 0. The average Bonchev–Trinajstić information content (AvgIpc) is 2.21. The smallest absolute Gasteiger partial charge is 0.0280 e. The molecule has 0 N–H and O–H groups in total. The predicted molar refractivity (Wildman–Crippen MR) is 66.5 cm³/mol. The van der Waals surface area contributed by atoms with Gasteiger partial charge < -0.3 is 0 Å². The maximum atomic E-state index is 2.36. The number of allylic oxidation sites excluding steroid dienone is 4. The van der Waals surface area contributed by atoms with Crippen molar-refractivity contribution in [2.24, 2.45) is 5.92 Å². The van der Waals surface area contributed by atoms with Crippen LogP contribution >= 0.6 is 0 Å². The van der Waals surface area contributed by atoms with Gasteiger partial charge in [0.1, 0.15) is 0 Å². The van der Waals surface area contributed by atoms with Gasteiger partial charge in [-0.3, -0.25) is 0 Å². The van der Waals surface area contributed by atoms with E-state index < -0.39 is 0 Å². The molecule has 0 aromatic rings. The molecule has 0 spiro atoms. The Morgan fingerprint density at radius 2 is 1.86 bits per heavy atom. The minimum Gasteiger partial charge on any atom is -0.0845 e. The Labute approximate surface area is 90.1 Å². The SMILES string of the molecule is CCC=CC(=CCC)CCC(C)CC. The van der Waals surface area contributed by atoms with Crippen molar-refractivity contribution in [3.63, 3.8) is 0 Å². The summed E-state index contributed by atoms with van der Waals surface area (Å²) < 4.78 is 0. The summed E-state index contributed by atoms with van der Waals surface area (Å²) in [4.78, 5) is 0. The van der Waals surface area contributed by atoms with Crippen LogP contribution in [0, 0.1) is 5.92 Å². The first-order chi connectivity index (χ1) is 6.74. The van der Waals surface area contributed by atoms with Gasteiger partial charge in [0.2, 0.25) is 0 Å². The van der Waals surface area contributed by atoms with Crippen LogP contribution in [0.2, 0.25) is 0 Å². The van der Waals surface area contributed by atoms with Gasteiger partial charge >= 0.3 is 0 Å². The third kappa shape index (κ3) is 6.94. The number of hydrogen-bond acceptors (Lipinski definition) is 0. The molecule has 0 aliphatic rings. The van der Waals surface area contributed by atoms with Crippen LogP contribution in [0.5, 0.6) is 0 Å². The summed E-state index contributed by atoms with van der Waals surface area (Å²) in [5.74, 6) is 0.866. The van der Waals surface area contributed by atoms with Crippen LogP contribution in [0.1, 0.15) is 59.8 Å². The quantitative estimate of drug-likeness (QED) is 0.494. The molecule has 0 aliphatic carbocycles. The molecule has 0 heteroatoms. The van der Waals surface area contributed by atoms with Gasteiger partial charge in [-0.05, 0) is 31.6 Å². The number of rotatable bonds is 7. The van der Waals surface area contributed by atoms with E-state index in [0.717, 1.165) is 18.8 Å². The molecule has 0 fully saturated rings. The van der Waals surface area contributed by atoms with Gasteiger partial charge in [-0.25, -0.2) is 0 Å². The van der Waals surface area contributed by atoms with Crippen molar-refractivity contribution < 1.29 is 0 Å². The lowest BCUT2D eigenvalue weighted by atomic mass is 9.98. The van der Waals surface area contributed by atoms with Crippen molar-refractivity contribution in [1.29, 1.82) is 0 Å². The molecule has 0 aromatic heterocycles. The minimum atomic E-state index is 0.866. The Hall–Kier alpha value is -0.520. The van der Waals surface area contributed by atoms with Crippen molar-refractivity contribution in [1.82, 2.24) is 0 Å². The Morgan fingerprint density at radius 3 is 2.36 bits per heavy atom. The lowest BCUT2D eigenvalue weighted by Crippen LogP contribution is -1.92. The Bertz CT molecular complexity index is 174. The van der Waals surface area contributed by atoms with Crippen molar-refractivity contribution in [2.45, 2.75) is 59.8 Å². The lowest BCUT2D eigenvalue weighted by Gasteiger charge is -2.08. The first-order valence-electron chi connectivity index (χ1n) is 6.10. The van der Waals surface area contributed by atoms with Gasteiger partial charge in [0.25, 0.3) is 0 Å². The second-order valence-corrected chi connectivity index (χ2v) is 4.05. The maximum absolute atomic E-state index is 2.36. The van der Waals surface area contributed by atoms with Crippen LogP contribution in [0.25, 0.3) is 0 Å². The predicted octanol–water partition coefficient (Wildman–Crippen LogP) is 5.12. The van der Waals surface area contributed by atoms with E-state index in [0.29, 0.717) is 0 Å². The second-order valence-electron chi connectivity index (χ2n) is 4.05. The topological polar surface area (TPSA) is 0 Å². The van der Waals surface area contributed by atoms with E-state index in [2.05, 4.69) is 45.9 Å². The van der Waals surface area contributed by atoms with E-state index in [4.69, 9.17) is 0 Å². The van der Waals surface area contributed by atoms with Crippen LogP contribution in [-0.4, -0.2) is 0 Å². The molecule has 1 unspecified atom stereocenters. The first kappa shape index (κ1) is 13.5. The first-order valence-corrected chi connectivity index (χ1v) is 6.10. The van der Waals surface area contributed by atoms with Crippen LogP contribution in [-0.2, 0) is 0 Å². The molecule has 0 nitrogen and oxygen atoms in total. The molecule has 0 aliphatic heterocycles. The van der Waals surface area contributed by atoms with E-state index >= 15 is 0 Å². The third-order valence-corrected chi connectivity index (χ3v) is 2.66. The molecule has 0 radical (unpaired) electrons. The third-order valence-electron chi connectivity index (χ3n) is 2.66. The molecular formula is C14H26. The summed E-state index contributed by atoms with van der Waals surface area (Å²) in [6.45, 7) is 9.01. The average molecular weight is 194 g/mol. The van der Waals surface area contributed by atoms with Crippen molar-refractivity contribution >= 4 is 0 Å². The highest BCUT2D eigenvalue weighted by Crippen LogP contribution is 2.16. The van der Waals surface area contributed by atoms with Crippen LogP contribution in [0.3, 0.4) is 0 Å². The van der Waals surface area contributed by atoms with Crippen molar-refractivity contribution in [2.75, 3.05) is 0 Å². The molecular weight excluding hydrogens is 168 g/mol. The molecule has 0 amide bonds. The second kappa shape index (κ2) is 9.05. The fourth-order valence-corrected chi connectivity index (χ4v) is 1.40. The van der Waals surface area contributed by atoms with Crippen molar-refractivity contribution in [3.8, 4) is 0 Å². The summed E-state index contributed by atoms with van der Waals surface area (Å²) in [5, 5.41) is 0. The van der Waals surface area contributed by atoms with E-state index in [1.807, 2.05) is 0 Å². The van der Waals surface area contributed by atoms with E-state index in [1.54, 1.807) is 0 Å². The molecule has 1 atom stereocenters. The molecule has 0 bridgehead atoms. The highest BCUT2D eigenvalue weighted by molar-refractivity contribution is 5.18. The fraction of sp³-hybridized carbons (Fsp3) is 0.714. The highest BCUT2D eigenvalue weighted by atomic mass is 14.1. The van der Waals surface area contributed by atoms with Crippen LogP contribution in [0.15, 0.2) is 23.8 Å². The number of hydrogen-bond donors (Lipinski definition) is 0. The zero-order chi connectivity index (χ0) is 10.8. The van der Waals surface area contributed by atoms with Gasteiger partial charge in [0, 0.05) is 0 Å². The molecule has 0 rings (SSSR count). The maximum Gasteiger partial charge on any atom is -0.0280 e. The Balaban J connectivity index is 3.98. The van der Waals surface area contributed by atoms with Gasteiger partial charge in [-0.1, -0.05) is 57.9 Å². The molecule has 0 saturated heterocycles. The molecule has 0 heterocycles. The van der Waals surface area contributed by atoms with Crippen LogP contribution in [0.4, 0.5) is 0 Å². The highest BCUT2D eigenvalue weighted by Gasteiger charge is 1.99. The summed E-state index contributed by atoms with van der Waals surface area (Å²) in [6.07, 6.45) is 13.1. The Morgan fingerprint density at radius 1 is 1.14 bits per heavy atom. The molecule has 0 aromatic carbocycles. The van der Waals surface area contributed by atoms with Gasteiger partial charge in [0.15, 0.2) is 0 Å². The molecule has 82 valence electrons. The van der Waals surface area contributed by atoms with E-state index in [1.165, 1.54) is 24.8 Å². The normalized spacial score (nSPS) is 15.0. The summed E-state index contributed by atoms with van der Waals surface area (Å²) in [5.41, 5.74) is 1.52. The van der Waals surface area contributed by atoms with Gasteiger partial charge in [-0.15, -0.1) is 0 Å². The van der Waals surface area contributed by atoms with Crippen LogP contribution < -0.4 is 0 Å². The summed E-state index contributed by atoms with van der Waals surface area (Å²) in [6, 6.07) is 0. The summed E-state index contributed by atoms with van der Waals surface area (Å²) in [7, 11) is 0. The lowest BCUT2D eigenvalue weighted by molar-refractivity contribution is 0.517. The minimum absolute atomic E-state index is 0.866. The van der Waals surface area contributed by atoms with Gasteiger partial charge in [-0.2, -0.15) is 0 Å². The van der Waals surface area contributed by atoms with E-state index in [-0.39, 0.29) is 0 Å². The van der Waals surface area contributed by atoms with Crippen molar-refractivity contribution in [3.05, 3.63) is 23.8 Å². The fourth-order valence-electron chi connectivity index (χ4n) is 1.40. The monoisotopic (exact) mass is 194 g/mol. The largest absolute Gasteiger partial charge is 0.0845 e. The Kier molecular flexibility index (Phi) is 8.72. The standard InChI is InChI=1S/C14H26/c1-5-8-10-14(9-6-2)12-11-13(4)7-3/h8-10,13H,5-7,11-12H2,1-4H3.